The van der Waals surface area contributed by atoms with E-state index in [2.05, 4.69) is 9.97 Å². The Morgan fingerprint density at radius 3 is 2.59 bits per heavy atom. The summed E-state index contributed by atoms with van der Waals surface area (Å²) in [6.45, 7) is 1.85. The molecule has 0 unspecified atom stereocenters. The normalized spacial score (nSPS) is 10.2. The minimum atomic E-state index is 0.315. The number of hydrogen-bond donors (Lipinski definition) is 2. The fraction of sp³-hybridized carbons (Fsp3) is 0.0909. The highest BCUT2D eigenvalue weighted by molar-refractivity contribution is 6.29. The summed E-state index contributed by atoms with van der Waals surface area (Å²) < 4.78 is 5.50. The first-order chi connectivity index (χ1) is 8.06. The van der Waals surface area contributed by atoms with Gasteiger partial charge in [0.05, 0.1) is 11.4 Å². The first-order valence-electron chi connectivity index (χ1n) is 4.87. The number of ether oxygens (including phenoxy) is 1. The van der Waals surface area contributed by atoms with Crippen LogP contribution in [0.4, 0.5) is 11.4 Å². The van der Waals surface area contributed by atoms with E-state index in [4.69, 9.17) is 27.8 Å². The smallest absolute Gasteiger partial charge is 0.223 e. The van der Waals surface area contributed by atoms with Crippen LogP contribution in [0.15, 0.2) is 24.5 Å². The lowest BCUT2D eigenvalue weighted by atomic mass is 10.1. The van der Waals surface area contributed by atoms with Gasteiger partial charge in [0.15, 0.2) is 0 Å². The maximum atomic E-state index is 5.74. The number of nitrogens with zero attached hydrogens (tertiary/aromatic N) is 2. The Balaban J connectivity index is 2.31. The van der Waals surface area contributed by atoms with Crippen LogP contribution in [0.1, 0.15) is 5.56 Å². The minimum absolute atomic E-state index is 0.315. The van der Waals surface area contributed by atoms with Crippen molar-refractivity contribution in [2.75, 3.05) is 11.5 Å². The molecule has 88 valence electrons. The third kappa shape index (κ3) is 2.57. The molecule has 2 rings (SSSR count). The van der Waals surface area contributed by atoms with E-state index in [1.54, 1.807) is 12.1 Å². The number of rotatable bonds is 2. The molecule has 17 heavy (non-hydrogen) atoms. The van der Waals surface area contributed by atoms with E-state index >= 15 is 0 Å². The quantitative estimate of drug-likeness (QED) is 0.631. The van der Waals surface area contributed by atoms with Crippen molar-refractivity contribution in [3.05, 3.63) is 35.2 Å². The van der Waals surface area contributed by atoms with Gasteiger partial charge in [-0.05, 0) is 18.6 Å². The van der Waals surface area contributed by atoms with Crippen LogP contribution in [-0.2, 0) is 0 Å². The lowest BCUT2D eigenvalue weighted by molar-refractivity contribution is 0.461. The molecule has 0 spiro atoms. The Morgan fingerprint density at radius 1 is 1.18 bits per heavy atom. The molecule has 0 aliphatic rings. The van der Waals surface area contributed by atoms with Crippen molar-refractivity contribution in [3.8, 4) is 11.6 Å². The Kier molecular flexibility index (Phi) is 3.01. The molecular weight excluding hydrogens is 240 g/mol. The van der Waals surface area contributed by atoms with E-state index in [0.29, 0.717) is 28.2 Å². The maximum absolute atomic E-state index is 5.74. The SMILES string of the molecule is Cc1cc(Oc2cc(Cl)ncn2)cc(N)c1N. The molecule has 6 heteroatoms. The van der Waals surface area contributed by atoms with E-state index in [-0.39, 0.29) is 0 Å². The lowest BCUT2D eigenvalue weighted by Gasteiger charge is -2.09. The van der Waals surface area contributed by atoms with Crippen molar-refractivity contribution in [2.24, 2.45) is 0 Å². The topological polar surface area (TPSA) is 87.0 Å². The number of hydrogen-bond acceptors (Lipinski definition) is 5. The zero-order valence-electron chi connectivity index (χ0n) is 9.14. The van der Waals surface area contributed by atoms with Gasteiger partial charge < -0.3 is 16.2 Å². The molecule has 0 aliphatic carbocycles. The lowest BCUT2D eigenvalue weighted by Crippen LogP contribution is -1.98. The molecule has 1 aromatic heterocycles. The maximum Gasteiger partial charge on any atom is 0.223 e. The standard InChI is InChI=1S/C11H11ClN4O/c1-6-2-7(3-8(13)11(6)14)17-10-4-9(12)15-5-16-10/h2-5H,13-14H2,1H3. The fourth-order valence-electron chi connectivity index (χ4n) is 1.34. The zero-order valence-corrected chi connectivity index (χ0v) is 9.90. The van der Waals surface area contributed by atoms with Crippen molar-refractivity contribution < 1.29 is 4.74 Å². The third-order valence-corrected chi connectivity index (χ3v) is 2.43. The van der Waals surface area contributed by atoms with Crippen molar-refractivity contribution in [1.82, 2.24) is 9.97 Å². The van der Waals surface area contributed by atoms with Crippen LogP contribution in [0.3, 0.4) is 0 Å². The van der Waals surface area contributed by atoms with E-state index < -0.39 is 0 Å². The Bertz CT molecular complexity index is 536. The summed E-state index contributed by atoms with van der Waals surface area (Å²) in [5, 5.41) is 0.315. The highest BCUT2D eigenvalue weighted by atomic mass is 35.5. The fourth-order valence-corrected chi connectivity index (χ4v) is 1.48. The molecule has 4 N–H and O–H groups in total. The molecule has 2 aromatic rings. The second-order valence-corrected chi connectivity index (χ2v) is 3.91. The summed E-state index contributed by atoms with van der Waals surface area (Å²) in [6, 6.07) is 4.93. The largest absolute Gasteiger partial charge is 0.439 e. The van der Waals surface area contributed by atoms with Crippen LogP contribution in [0.25, 0.3) is 0 Å². The van der Waals surface area contributed by atoms with Crippen LogP contribution in [0.2, 0.25) is 5.15 Å². The van der Waals surface area contributed by atoms with Gasteiger partial charge in [-0.1, -0.05) is 11.6 Å². The van der Waals surface area contributed by atoms with Gasteiger partial charge in [-0.2, -0.15) is 0 Å². The number of nitrogen functional groups attached to an aromatic ring is 2. The summed E-state index contributed by atoms with van der Waals surface area (Å²) in [4.78, 5) is 7.69. The molecule has 5 nitrogen and oxygen atoms in total. The molecular formula is C11H11ClN4O. The number of aryl methyl sites for hydroxylation is 1. The van der Waals surface area contributed by atoms with Crippen molar-refractivity contribution in [2.45, 2.75) is 6.92 Å². The number of anilines is 2. The number of nitrogens with two attached hydrogens (primary N) is 2. The van der Waals surface area contributed by atoms with Gasteiger partial charge in [0.1, 0.15) is 17.2 Å². The highest BCUT2D eigenvalue weighted by Gasteiger charge is 2.05. The van der Waals surface area contributed by atoms with Gasteiger partial charge in [0.25, 0.3) is 0 Å². The van der Waals surface area contributed by atoms with E-state index in [9.17, 15) is 0 Å². The Morgan fingerprint density at radius 2 is 1.94 bits per heavy atom. The van der Waals surface area contributed by atoms with Crippen molar-refractivity contribution in [1.29, 1.82) is 0 Å². The number of halogens is 1. The van der Waals surface area contributed by atoms with Crippen LogP contribution >= 0.6 is 11.6 Å². The first-order valence-corrected chi connectivity index (χ1v) is 5.25. The monoisotopic (exact) mass is 250 g/mol. The average Bonchev–Trinajstić information content (AvgIpc) is 2.26. The predicted molar refractivity (Wildman–Crippen MR) is 67.1 cm³/mol. The second kappa shape index (κ2) is 4.47. The van der Waals surface area contributed by atoms with Crippen LogP contribution in [-0.4, -0.2) is 9.97 Å². The van der Waals surface area contributed by atoms with E-state index in [0.717, 1.165) is 5.56 Å². The summed E-state index contributed by atoms with van der Waals surface area (Å²) in [7, 11) is 0. The van der Waals surface area contributed by atoms with E-state index in [1.165, 1.54) is 12.4 Å². The van der Waals surface area contributed by atoms with Gasteiger partial charge in [0, 0.05) is 12.1 Å². The van der Waals surface area contributed by atoms with Gasteiger partial charge >= 0.3 is 0 Å². The van der Waals surface area contributed by atoms with Crippen LogP contribution < -0.4 is 16.2 Å². The molecule has 0 atom stereocenters. The van der Waals surface area contributed by atoms with Gasteiger partial charge in [-0.25, -0.2) is 9.97 Å². The Hall–Kier alpha value is -2.01. The summed E-state index contributed by atoms with van der Waals surface area (Å²) in [5.41, 5.74) is 13.4. The molecule has 0 radical (unpaired) electrons. The highest BCUT2D eigenvalue weighted by Crippen LogP contribution is 2.29. The van der Waals surface area contributed by atoms with Crippen LogP contribution in [0, 0.1) is 6.92 Å². The summed E-state index contributed by atoms with van der Waals surface area (Å²) in [5.74, 6) is 0.914. The first kappa shape index (κ1) is 11.5. The zero-order chi connectivity index (χ0) is 12.4. The number of benzene rings is 1. The molecule has 0 aliphatic heterocycles. The van der Waals surface area contributed by atoms with Crippen molar-refractivity contribution >= 4 is 23.0 Å². The molecule has 1 heterocycles. The molecule has 0 fully saturated rings. The summed E-state index contributed by atoms with van der Waals surface area (Å²) >= 11 is 5.72. The molecule has 0 saturated carbocycles. The molecule has 0 bridgehead atoms. The summed E-state index contributed by atoms with van der Waals surface area (Å²) in [6.07, 6.45) is 1.32. The van der Waals surface area contributed by atoms with Gasteiger partial charge in [-0.3, -0.25) is 0 Å². The average molecular weight is 251 g/mol. The Labute approximate surface area is 103 Å². The molecule has 0 saturated heterocycles. The van der Waals surface area contributed by atoms with Gasteiger partial charge in [0.2, 0.25) is 5.88 Å². The third-order valence-electron chi connectivity index (χ3n) is 2.22. The number of aromatic nitrogens is 2. The molecule has 1 aromatic carbocycles. The second-order valence-electron chi connectivity index (χ2n) is 3.52. The van der Waals surface area contributed by atoms with Crippen LogP contribution in [0.5, 0.6) is 11.6 Å². The minimum Gasteiger partial charge on any atom is -0.439 e. The van der Waals surface area contributed by atoms with E-state index in [1.807, 2.05) is 6.92 Å². The predicted octanol–water partition coefficient (Wildman–Crippen LogP) is 2.40. The van der Waals surface area contributed by atoms with Crippen molar-refractivity contribution in [3.63, 3.8) is 0 Å². The van der Waals surface area contributed by atoms with Gasteiger partial charge in [-0.15, -0.1) is 0 Å². The molecule has 0 amide bonds.